The summed E-state index contributed by atoms with van der Waals surface area (Å²) in [5.74, 6) is 1.48. The van der Waals surface area contributed by atoms with Crippen molar-refractivity contribution in [1.82, 2.24) is 19.0 Å². The zero-order chi connectivity index (χ0) is 23.4. The Morgan fingerprint density at radius 1 is 1.29 bits per heavy atom. The largest absolute Gasteiger partial charge is 0.494 e. The van der Waals surface area contributed by atoms with Crippen LogP contribution in [-0.4, -0.2) is 64.4 Å². The van der Waals surface area contributed by atoms with Crippen LogP contribution < -0.4 is 10.5 Å². The summed E-state index contributed by atoms with van der Waals surface area (Å²) in [7, 11) is 3.65. The number of nitrogens with two attached hydrogens (primary N) is 1. The van der Waals surface area contributed by atoms with Gasteiger partial charge in [0.1, 0.15) is 16.1 Å². The summed E-state index contributed by atoms with van der Waals surface area (Å²) in [6.45, 7) is 2.80. The second-order valence-corrected chi connectivity index (χ2v) is 10.2. The molecule has 2 aliphatic heterocycles. The molecule has 3 aromatic heterocycles. The number of imidazole rings is 1. The number of aromatic nitrogens is 3. The summed E-state index contributed by atoms with van der Waals surface area (Å²) >= 11 is 1.74. The lowest BCUT2D eigenvalue weighted by molar-refractivity contribution is 0.0708. The van der Waals surface area contributed by atoms with Crippen LogP contribution in [-0.2, 0) is 11.8 Å². The van der Waals surface area contributed by atoms with Gasteiger partial charge in [0.25, 0.3) is 5.91 Å². The fourth-order valence-electron chi connectivity index (χ4n) is 5.40. The normalized spacial score (nSPS) is 21.1. The van der Waals surface area contributed by atoms with Crippen molar-refractivity contribution in [3.8, 4) is 17.3 Å². The molecule has 2 saturated heterocycles. The number of fused-ring (bicyclic) bond motifs is 2. The maximum atomic E-state index is 13.3. The maximum absolute atomic E-state index is 13.3. The maximum Gasteiger partial charge on any atom is 0.254 e. The number of carbonyl (C=O) groups is 1. The minimum absolute atomic E-state index is 0.0189. The number of likely N-dealkylation sites (tertiary alicyclic amines) is 1. The highest BCUT2D eigenvalue weighted by molar-refractivity contribution is 7.16. The fourth-order valence-corrected chi connectivity index (χ4v) is 6.37. The molecule has 1 aromatic carbocycles. The smallest absolute Gasteiger partial charge is 0.254 e. The Kier molecular flexibility index (Phi) is 5.35. The van der Waals surface area contributed by atoms with Crippen LogP contribution in [0.5, 0.6) is 5.75 Å². The first-order chi connectivity index (χ1) is 16.5. The van der Waals surface area contributed by atoms with Crippen LogP contribution in [0.25, 0.3) is 32.8 Å². The minimum atomic E-state index is -0.0189. The zero-order valence-electron chi connectivity index (χ0n) is 19.5. The van der Waals surface area contributed by atoms with Crippen molar-refractivity contribution >= 4 is 38.5 Å². The van der Waals surface area contributed by atoms with E-state index < -0.39 is 0 Å². The van der Waals surface area contributed by atoms with Crippen LogP contribution in [0.2, 0.25) is 0 Å². The van der Waals surface area contributed by atoms with Gasteiger partial charge in [-0.1, -0.05) is 0 Å². The van der Waals surface area contributed by atoms with E-state index in [9.17, 15) is 4.79 Å². The lowest BCUT2D eigenvalue weighted by atomic mass is 10.0. The van der Waals surface area contributed by atoms with Gasteiger partial charge in [0.05, 0.1) is 31.0 Å². The van der Waals surface area contributed by atoms with Gasteiger partial charge >= 0.3 is 0 Å². The van der Waals surface area contributed by atoms with Gasteiger partial charge in [0, 0.05) is 43.7 Å². The van der Waals surface area contributed by atoms with E-state index in [-0.39, 0.29) is 18.0 Å². The van der Waals surface area contributed by atoms with Crippen LogP contribution >= 0.6 is 11.3 Å². The third-order valence-corrected chi connectivity index (χ3v) is 8.02. The summed E-state index contributed by atoms with van der Waals surface area (Å²) in [5, 5.41) is 3.34. The van der Waals surface area contributed by atoms with Gasteiger partial charge in [0.15, 0.2) is 5.82 Å². The Morgan fingerprint density at radius 3 is 2.94 bits per heavy atom. The number of thiophene rings is 1. The van der Waals surface area contributed by atoms with Gasteiger partial charge in [-0.05, 0) is 48.9 Å². The van der Waals surface area contributed by atoms with E-state index in [1.807, 2.05) is 24.1 Å². The number of benzene rings is 1. The zero-order valence-corrected chi connectivity index (χ0v) is 20.3. The molecule has 2 N–H and O–H groups in total. The Bertz CT molecular complexity index is 1380. The molecule has 2 aliphatic rings. The first-order valence-electron chi connectivity index (χ1n) is 11.8. The topological polar surface area (TPSA) is 87.5 Å². The van der Waals surface area contributed by atoms with E-state index in [1.165, 1.54) is 10.2 Å². The number of hydrogen-bond donors (Lipinski definition) is 1. The average molecular weight is 480 g/mol. The van der Waals surface area contributed by atoms with Crippen LogP contribution in [0.4, 0.5) is 0 Å². The number of methoxy groups -OCH3 is 1. The van der Waals surface area contributed by atoms with Gasteiger partial charge in [-0.15, -0.1) is 11.3 Å². The quantitative estimate of drug-likeness (QED) is 0.481. The van der Waals surface area contributed by atoms with Crippen LogP contribution in [0, 0.1) is 0 Å². The van der Waals surface area contributed by atoms with E-state index >= 15 is 0 Å². The minimum Gasteiger partial charge on any atom is -0.494 e. The monoisotopic (exact) mass is 479 g/mol. The molecule has 5 heterocycles. The molecule has 0 aliphatic carbocycles. The average Bonchev–Trinajstić information content (AvgIpc) is 3.62. The molecule has 8 nitrogen and oxygen atoms in total. The molecular weight excluding hydrogens is 450 g/mol. The van der Waals surface area contributed by atoms with Crippen molar-refractivity contribution in [2.75, 3.05) is 33.4 Å². The van der Waals surface area contributed by atoms with E-state index in [2.05, 4.69) is 26.6 Å². The first kappa shape index (κ1) is 21.6. The summed E-state index contributed by atoms with van der Waals surface area (Å²) in [6, 6.07) is 8.40. The standard InChI is InChI=1S/C25H29N5O3S/c1-28-22-19(10-16(12-21(22)32-2)24(31)29-7-3-4-17(26)13-29)27-23(28)20-11-15-6-9-34-25(15)30(20)18-5-8-33-14-18/h6,9-12,17-18H,3-5,7-8,13-14,26H2,1-2H3. The van der Waals surface area contributed by atoms with Crippen LogP contribution in [0.1, 0.15) is 35.7 Å². The Balaban J connectivity index is 1.48. The molecule has 6 rings (SSSR count). The predicted octanol–water partition coefficient (Wildman–Crippen LogP) is 3.79. The molecule has 178 valence electrons. The molecule has 0 bridgehead atoms. The third-order valence-electron chi connectivity index (χ3n) is 7.09. The Labute approximate surface area is 201 Å². The molecular formula is C25H29N5O3S. The third kappa shape index (κ3) is 3.41. The summed E-state index contributed by atoms with van der Waals surface area (Å²) in [6.07, 6.45) is 2.87. The number of rotatable bonds is 4. The summed E-state index contributed by atoms with van der Waals surface area (Å²) < 4.78 is 15.9. The molecule has 0 saturated carbocycles. The number of hydrogen-bond acceptors (Lipinski definition) is 6. The number of nitrogens with zero attached hydrogens (tertiary/aromatic N) is 4. The molecule has 4 aromatic rings. The predicted molar refractivity (Wildman–Crippen MR) is 134 cm³/mol. The van der Waals surface area contributed by atoms with Gasteiger partial charge < -0.3 is 29.2 Å². The molecule has 2 unspecified atom stereocenters. The van der Waals surface area contributed by atoms with Crippen molar-refractivity contribution in [2.45, 2.75) is 31.3 Å². The lowest BCUT2D eigenvalue weighted by Gasteiger charge is -2.30. The van der Waals surface area contributed by atoms with Crippen LogP contribution in [0.15, 0.2) is 29.6 Å². The number of amides is 1. The fraction of sp³-hybridized carbons (Fsp3) is 0.440. The van der Waals surface area contributed by atoms with Gasteiger partial charge in [-0.2, -0.15) is 0 Å². The van der Waals surface area contributed by atoms with Crippen molar-refractivity contribution < 1.29 is 14.3 Å². The van der Waals surface area contributed by atoms with E-state index in [0.717, 1.165) is 55.0 Å². The van der Waals surface area contributed by atoms with Gasteiger partial charge in [-0.25, -0.2) is 4.98 Å². The number of piperidine rings is 1. The van der Waals surface area contributed by atoms with Crippen molar-refractivity contribution in [1.29, 1.82) is 0 Å². The second kappa shape index (κ2) is 8.41. The molecule has 2 atom stereocenters. The van der Waals surface area contributed by atoms with Crippen molar-refractivity contribution in [2.24, 2.45) is 12.8 Å². The van der Waals surface area contributed by atoms with E-state index in [1.54, 1.807) is 18.4 Å². The Hall–Kier alpha value is -2.88. The highest BCUT2D eigenvalue weighted by atomic mass is 32.1. The molecule has 0 spiro atoms. The van der Waals surface area contributed by atoms with Crippen molar-refractivity contribution in [3.63, 3.8) is 0 Å². The summed E-state index contributed by atoms with van der Waals surface area (Å²) in [4.78, 5) is 21.4. The van der Waals surface area contributed by atoms with Crippen molar-refractivity contribution in [3.05, 3.63) is 35.2 Å². The number of ether oxygens (including phenoxy) is 2. The number of carbonyl (C=O) groups excluding carboxylic acids is 1. The SMILES string of the molecule is COc1cc(C(=O)N2CCCC(N)C2)cc2nc(-c3cc4ccsc4n3C3CCOC3)n(C)c12. The molecule has 1 amide bonds. The van der Waals surface area contributed by atoms with Crippen LogP contribution in [0.3, 0.4) is 0 Å². The molecule has 34 heavy (non-hydrogen) atoms. The van der Waals surface area contributed by atoms with E-state index in [0.29, 0.717) is 24.5 Å². The molecule has 9 heteroatoms. The molecule has 0 radical (unpaired) electrons. The summed E-state index contributed by atoms with van der Waals surface area (Å²) in [5.41, 5.74) is 9.40. The number of aryl methyl sites for hydroxylation is 1. The second-order valence-electron chi connectivity index (χ2n) is 9.29. The highest BCUT2D eigenvalue weighted by Gasteiger charge is 2.28. The van der Waals surface area contributed by atoms with Gasteiger partial charge in [-0.3, -0.25) is 4.79 Å². The lowest BCUT2D eigenvalue weighted by Crippen LogP contribution is -2.45. The Morgan fingerprint density at radius 2 is 2.18 bits per heavy atom. The highest BCUT2D eigenvalue weighted by Crippen LogP contribution is 2.39. The van der Waals surface area contributed by atoms with Gasteiger partial charge in [0.2, 0.25) is 0 Å². The van der Waals surface area contributed by atoms with E-state index in [4.69, 9.17) is 20.2 Å². The molecule has 2 fully saturated rings. The first-order valence-corrected chi connectivity index (χ1v) is 12.7.